The van der Waals surface area contributed by atoms with Gasteiger partial charge in [-0.2, -0.15) is 0 Å². The van der Waals surface area contributed by atoms with Crippen LogP contribution in [-0.4, -0.2) is 76.3 Å². The molecule has 2 heterocycles. The van der Waals surface area contributed by atoms with Gasteiger partial charge in [-0.1, -0.05) is 18.2 Å². The van der Waals surface area contributed by atoms with Crippen LogP contribution >= 0.6 is 0 Å². The number of nitrogens with zero attached hydrogens (tertiary/aromatic N) is 2. The lowest BCUT2D eigenvalue weighted by Crippen LogP contribution is -2.63. The van der Waals surface area contributed by atoms with Crippen molar-refractivity contribution in [3.63, 3.8) is 0 Å². The highest BCUT2D eigenvalue weighted by Crippen LogP contribution is 2.24. The Kier molecular flexibility index (Phi) is 7.35. The number of amides is 3. The van der Waals surface area contributed by atoms with Gasteiger partial charge in [-0.25, -0.2) is 5.01 Å². The third-order valence-corrected chi connectivity index (χ3v) is 5.46. The number of carboxylic acid groups (broad SMARTS) is 1. The highest BCUT2D eigenvalue weighted by molar-refractivity contribution is 5.98. The van der Waals surface area contributed by atoms with Crippen molar-refractivity contribution < 1.29 is 29.1 Å². The Hall–Kier alpha value is -3.27. The van der Waals surface area contributed by atoms with Crippen molar-refractivity contribution in [2.24, 2.45) is 0 Å². The smallest absolute Gasteiger partial charge is 0.305 e. The van der Waals surface area contributed by atoms with E-state index in [4.69, 9.17) is 5.11 Å². The maximum atomic E-state index is 13.3. The molecule has 0 aliphatic carbocycles. The first-order chi connectivity index (χ1) is 14.9. The first kappa shape index (κ1) is 22.4. The minimum atomic E-state index is -1.21. The summed E-state index contributed by atoms with van der Waals surface area (Å²) in [6.45, 7) is 1.15. The summed E-state index contributed by atoms with van der Waals surface area (Å²) < 4.78 is 0. The van der Waals surface area contributed by atoms with Crippen molar-refractivity contribution in [1.82, 2.24) is 20.7 Å². The summed E-state index contributed by atoms with van der Waals surface area (Å²) in [4.78, 5) is 60.8. The molecule has 2 fully saturated rings. The van der Waals surface area contributed by atoms with E-state index in [1.165, 1.54) is 5.01 Å². The zero-order chi connectivity index (χ0) is 22.4. The van der Waals surface area contributed by atoms with E-state index in [-0.39, 0.29) is 11.8 Å². The van der Waals surface area contributed by atoms with Gasteiger partial charge in [0.2, 0.25) is 5.91 Å². The predicted octanol–water partition coefficient (Wildman–Crippen LogP) is -0.0548. The third kappa shape index (κ3) is 5.46. The molecule has 3 rings (SSSR count). The summed E-state index contributed by atoms with van der Waals surface area (Å²) in [5, 5.41) is 17.3. The Morgan fingerprint density at radius 3 is 2.45 bits per heavy atom. The SMILES string of the molecule is O=C[C@H](CC(=O)O)NC(=O)[C@@H]1CCCN2CCCC(NC(=O)c3ccccc3)C(=O)N12. The van der Waals surface area contributed by atoms with Crippen molar-refractivity contribution in [2.45, 2.75) is 50.2 Å². The molecule has 1 aromatic carbocycles. The molecule has 0 aromatic heterocycles. The number of fused-ring (bicyclic) bond motifs is 1. The Morgan fingerprint density at radius 2 is 1.81 bits per heavy atom. The number of carbonyl (C=O) groups excluding carboxylic acids is 4. The average molecular weight is 430 g/mol. The number of carbonyl (C=O) groups is 5. The molecule has 10 nitrogen and oxygen atoms in total. The molecular weight excluding hydrogens is 404 g/mol. The first-order valence-electron chi connectivity index (χ1n) is 10.3. The van der Waals surface area contributed by atoms with Crippen LogP contribution in [0.1, 0.15) is 42.5 Å². The maximum absolute atomic E-state index is 13.3. The van der Waals surface area contributed by atoms with Gasteiger partial charge in [-0.05, 0) is 37.8 Å². The molecule has 3 atom stereocenters. The van der Waals surface area contributed by atoms with E-state index in [1.807, 2.05) is 0 Å². The normalized spacial score (nSPS) is 22.6. The van der Waals surface area contributed by atoms with Gasteiger partial charge in [0.05, 0.1) is 12.5 Å². The highest BCUT2D eigenvalue weighted by Gasteiger charge is 2.42. The fourth-order valence-corrected chi connectivity index (χ4v) is 3.98. The Labute approximate surface area is 179 Å². The largest absolute Gasteiger partial charge is 0.481 e. The molecule has 0 bridgehead atoms. The van der Waals surface area contributed by atoms with Crippen LogP contribution in [0.15, 0.2) is 30.3 Å². The number of nitrogens with one attached hydrogen (secondary N) is 2. The molecular formula is C21H26N4O6. The Bertz CT molecular complexity index is 846. The quantitative estimate of drug-likeness (QED) is 0.516. The summed E-state index contributed by atoms with van der Waals surface area (Å²) in [7, 11) is 0. The molecule has 2 saturated heterocycles. The van der Waals surface area contributed by atoms with Gasteiger partial charge in [0.15, 0.2) is 0 Å². The number of carboxylic acids is 1. The van der Waals surface area contributed by atoms with E-state index in [0.29, 0.717) is 50.6 Å². The number of aliphatic carboxylic acids is 1. The lowest BCUT2D eigenvalue weighted by Gasteiger charge is -2.43. The molecule has 31 heavy (non-hydrogen) atoms. The highest BCUT2D eigenvalue weighted by atomic mass is 16.4. The number of rotatable bonds is 7. The van der Waals surface area contributed by atoms with Crippen LogP contribution in [0, 0.1) is 0 Å². The molecule has 10 heteroatoms. The van der Waals surface area contributed by atoms with Gasteiger partial charge in [-0.15, -0.1) is 0 Å². The number of hydrogen-bond donors (Lipinski definition) is 3. The fourth-order valence-electron chi connectivity index (χ4n) is 3.98. The summed E-state index contributed by atoms with van der Waals surface area (Å²) >= 11 is 0. The first-order valence-corrected chi connectivity index (χ1v) is 10.3. The predicted molar refractivity (Wildman–Crippen MR) is 109 cm³/mol. The topological polar surface area (TPSA) is 136 Å². The maximum Gasteiger partial charge on any atom is 0.305 e. The third-order valence-electron chi connectivity index (χ3n) is 5.46. The Balaban J connectivity index is 1.75. The van der Waals surface area contributed by atoms with E-state index < -0.39 is 36.4 Å². The molecule has 0 radical (unpaired) electrons. The van der Waals surface area contributed by atoms with E-state index in [1.54, 1.807) is 35.3 Å². The summed E-state index contributed by atoms with van der Waals surface area (Å²) in [5.74, 6) is -2.54. The number of benzene rings is 1. The van der Waals surface area contributed by atoms with E-state index in [0.717, 1.165) is 0 Å². The van der Waals surface area contributed by atoms with Gasteiger partial charge < -0.3 is 20.5 Å². The molecule has 166 valence electrons. The van der Waals surface area contributed by atoms with Crippen LogP contribution < -0.4 is 10.6 Å². The van der Waals surface area contributed by atoms with Gasteiger partial charge in [0.1, 0.15) is 18.4 Å². The van der Waals surface area contributed by atoms with Gasteiger partial charge in [0, 0.05) is 18.7 Å². The van der Waals surface area contributed by atoms with Crippen LogP contribution in [0.5, 0.6) is 0 Å². The molecule has 2 aliphatic rings. The van der Waals surface area contributed by atoms with E-state index in [2.05, 4.69) is 10.6 Å². The number of aldehydes is 1. The van der Waals surface area contributed by atoms with E-state index >= 15 is 0 Å². The number of hydrazine groups is 1. The standard InChI is InChI=1S/C21H26N4O6/c26-13-15(12-18(27)28)22-20(30)17-9-5-11-24-10-4-8-16(21(31)25(17)24)23-19(29)14-6-2-1-3-7-14/h1-3,6-7,13,15-17H,4-5,8-12H2,(H,22,30)(H,23,29)(H,27,28)/t15-,16?,17-/m0/s1. The minimum absolute atomic E-state index is 0.368. The van der Waals surface area contributed by atoms with Crippen molar-refractivity contribution in [1.29, 1.82) is 0 Å². The molecule has 1 aromatic rings. The van der Waals surface area contributed by atoms with Crippen LogP contribution in [0.3, 0.4) is 0 Å². The van der Waals surface area contributed by atoms with Crippen LogP contribution in [-0.2, 0) is 19.2 Å². The second-order valence-corrected chi connectivity index (χ2v) is 7.68. The van der Waals surface area contributed by atoms with Crippen LogP contribution in [0.25, 0.3) is 0 Å². The van der Waals surface area contributed by atoms with Crippen molar-refractivity contribution in [3.05, 3.63) is 35.9 Å². The zero-order valence-corrected chi connectivity index (χ0v) is 17.0. The van der Waals surface area contributed by atoms with Gasteiger partial charge in [-0.3, -0.25) is 24.2 Å². The summed E-state index contributed by atoms with van der Waals surface area (Å²) in [5.41, 5.74) is 0.437. The lowest BCUT2D eigenvalue weighted by atomic mass is 10.0. The zero-order valence-electron chi connectivity index (χ0n) is 17.0. The van der Waals surface area contributed by atoms with Gasteiger partial charge in [0.25, 0.3) is 11.8 Å². The van der Waals surface area contributed by atoms with Crippen molar-refractivity contribution in [3.8, 4) is 0 Å². The number of hydrogen-bond acceptors (Lipinski definition) is 6. The summed E-state index contributed by atoms with van der Waals surface area (Å²) in [6, 6.07) is 5.74. The van der Waals surface area contributed by atoms with Crippen LogP contribution in [0.4, 0.5) is 0 Å². The molecule has 3 amide bonds. The summed E-state index contributed by atoms with van der Waals surface area (Å²) in [6.07, 6.45) is 2.00. The minimum Gasteiger partial charge on any atom is -0.481 e. The lowest BCUT2D eigenvalue weighted by molar-refractivity contribution is -0.167. The Morgan fingerprint density at radius 1 is 1.13 bits per heavy atom. The molecule has 3 N–H and O–H groups in total. The van der Waals surface area contributed by atoms with E-state index in [9.17, 15) is 24.0 Å². The molecule has 2 aliphatic heterocycles. The molecule has 1 unspecified atom stereocenters. The van der Waals surface area contributed by atoms with Crippen molar-refractivity contribution in [2.75, 3.05) is 13.1 Å². The van der Waals surface area contributed by atoms with Crippen LogP contribution in [0.2, 0.25) is 0 Å². The average Bonchev–Trinajstić information content (AvgIpc) is 2.92. The fraction of sp³-hybridized carbons (Fsp3) is 0.476. The monoisotopic (exact) mass is 430 g/mol. The molecule has 0 saturated carbocycles. The second-order valence-electron chi connectivity index (χ2n) is 7.68. The second kappa shape index (κ2) is 10.2. The molecule has 0 spiro atoms. The van der Waals surface area contributed by atoms with Gasteiger partial charge >= 0.3 is 5.97 Å². The van der Waals surface area contributed by atoms with Crippen molar-refractivity contribution >= 4 is 30.0 Å².